The third kappa shape index (κ3) is 3.50. The summed E-state index contributed by atoms with van der Waals surface area (Å²) in [6.45, 7) is 0.997. The molecule has 3 aromatic rings. The molecule has 0 saturated carbocycles. The lowest BCUT2D eigenvalue weighted by Crippen LogP contribution is -2.39. The van der Waals surface area contributed by atoms with E-state index in [1.54, 1.807) is 0 Å². The van der Waals surface area contributed by atoms with Crippen molar-refractivity contribution in [1.82, 2.24) is 0 Å². The number of nitro groups is 1. The van der Waals surface area contributed by atoms with E-state index in [2.05, 4.69) is 0 Å². The molecular weight excluding hydrogens is 455 g/mol. The molecule has 2 fully saturated rings. The van der Waals surface area contributed by atoms with Crippen LogP contribution in [0.4, 0.5) is 22.7 Å². The Kier molecular flexibility index (Phi) is 5.51. The molecule has 0 bridgehead atoms. The normalized spacial score (nSPS) is 19.7. The zero-order chi connectivity index (χ0) is 23.9. The van der Waals surface area contributed by atoms with Gasteiger partial charge in [-0.05, 0) is 36.4 Å². The first kappa shape index (κ1) is 22.0. The summed E-state index contributed by atoms with van der Waals surface area (Å²) in [5, 5.41) is 11.0. The van der Waals surface area contributed by atoms with Crippen LogP contribution in [0.3, 0.4) is 0 Å². The summed E-state index contributed by atoms with van der Waals surface area (Å²) in [5.41, 5.74) is 0.730. The van der Waals surface area contributed by atoms with Gasteiger partial charge in [-0.25, -0.2) is 19.1 Å². The zero-order valence-electron chi connectivity index (χ0n) is 18.1. The second-order valence-corrected chi connectivity index (χ2v) is 10.9. The van der Waals surface area contributed by atoms with E-state index in [9.17, 15) is 24.6 Å². The Labute approximate surface area is 196 Å². The van der Waals surface area contributed by atoms with E-state index in [0.717, 1.165) is 16.3 Å². The minimum absolute atomic E-state index is 0.133. The highest BCUT2D eigenvalue weighted by Crippen LogP contribution is 2.71. The van der Waals surface area contributed by atoms with Crippen LogP contribution >= 0.6 is 7.79 Å². The highest BCUT2D eigenvalue weighted by Gasteiger charge is 2.68. The average Bonchev–Trinajstić information content (AvgIpc) is 3.36. The van der Waals surface area contributed by atoms with E-state index in [4.69, 9.17) is 0 Å². The molecule has 2 aliphatic heterocycles. The van der Waals surface area contributed by atoms with Crippen LogP contribution in [0.25, 0.3) is 0 Å². The number of rotatable bonds is 5. The lowest BCUT2D eigenvalue weighted by molar-refractivity contribution is -0.384. The average molecular weight is 477 g/mol. The van der Waals surface area contributed by atoms with Crippen molar-refractivity contribution in [2.24, 2.45) is 0 Å². The van der Waals surface area contributed by atoms with Crippen molar-refractivity contribution in [1.29, 1.82) is 0 Å². The first-order valence-electron chi connectivity index (χ1n) is 10.8. The van der Waals surface area contributed by atoms with Crippen LogP contribution < -0.4 is 14.2 Å². The molecular formula is C24H22N4O5P+. The minimum atomic E-state index is -3.36. The van der Waals surface area contributed by atoms with Gasteiger partial charge in [-0.2, -0.15) is 0 Å². The largest absolute Gasteiger partial charge is 0.344 e. The van der Waals surface area contributed by atoms with Crippen LogP contribution in [-0.4, -0.2) is 40.4 Å². The van der Waals surface area contributed by atoms with Crippen LogP contribution in [0.5, 0.6) is 0 Å². The molecule has 1 N–H and O–H groups in total. The number of nitro benzene ring substituents is 1. The number of non-ortho nitro benzene ring substituents is 1. The Balaban J connectivity index is 1.56. The molecule has 2 saturated heterocycles. The molecule has 9 nitrogen and oxygen atoms in total. The summed E-state index contributed by atoms with van der Waals surface area (Å²) in [7, 11) is -3.36. The van der Waals surface area contributed by atoms with Crippen molar-refractivity contribution in [3.05, 3.63) is 95.0 Å². The highest BCUT2D eigenvalue weighted by atomic mass is 31.2. The van der Waals surface area contributed by atoms with E-state index in [-0.39, 0.29) is 17.8 Å². The van der Waals surface area contributed by atoms with E-state index < -0.39 is 30.2 Å². The summed E-state index contributed by atoms with van der Waals surface area (Å²) in [5.74, 6) is -0.941. The Morgan fingerprint density at radius 3 is 1.76 bits per heavy atom. The number of hydrogen-bond acceptors (Lipinski definition) is 7. The monoisotopic (exact) mass is 477 g/mol. The third-order valence-electron chi connectivity index (χ3n) is 6.20. The Morgan fingerprint density at radius 2 is 1.29 bits per heavy atom. The number of para-hydroxylation sites is 2. The fourth-order valence-electron chi connectivity index (χ4n) is 4.63. The first-order valence-corrected chi connectivity index (χ1v) is 12.5. The van der Waals surface area contributed by atoms with Crippen LogP contribution in [0.15, 0.2) is 84.9 Å². The van der Waals surface area contributed by atoms with Gasteiger partial charge in [0.2, 0.25) is 11.6 Å². The predicted octanol–water partition coefficient (Wildman–Crippen LogP) is 4.01. The number of carbonyl (C=O) groups excluding carboxylic acids is 2. The van der Waals surface area contributed by atoms with Crippen molar-refractivity contribution >= 4 is 42.4 Å². The predicted molar refractivity (Wildman–Crippen MR) is 131 cm³/mol. The molecule has 1 unspecified atom stereocenters. The van der Waals surface area contributed by atoms with E-state index in [1.807, 2.05) is 70.0 Å². The molecule has 1 atom stereocenters. The Morgan fingerprint density at radius 1 is 0.794 bits per heavy atom. The van der Waals surface area contributed by atoms with Gasteiger partial charge in [0.1, 0.15) is 0 Å². The molecule has 3 aromatic carbocycles. The topological polar surface area (TPSA) is 107 Å². The maximum absolute atomic E-state index is 13.7. The van der Waals surface area contributed by atoms with Gasteiger partial charge >= 0.3 is 7.79 Å². The molecule has 0 aliphatic carbocycles. The van der Waals surface area contributed by atoms with E-state index >= 15 is 0 Å². The van der Waals surface area contributed by atoms with Crippen LogP contribution in [0.1, 0.15) is 6.42 Å². The summed E-state index contributed by atoms with van der Waals surface area (Å²) >= 11 is 0. The third-order valence-corrected chi connectivity index (χ3v) is 9.73. The molecule has 0 aromatic heterocycles. The van der Waals surface area contributed by atoms with Gasteiger partial charge in [-0.3, -0.25) is 19.7 Å². The second-order valence-electron chi connectivity index (χ2n) is 8.09. The van der Waals surface area contributed by atoms with Crippen molar-refractivity contribution in [2.75, 3.05) is 27.3 Å². The summed E-state index contributed by atoms with van der Waals surface area (Å²) < 4.78 is 3.74. The summed E-state index contributed by atoms with van der Waals surface area (Å²) in [4.78, 5) is 50.6. The van der Waals surface area contributed by atoms with Gasteiger partial charge in [0.05, 0.1) is 41.5 Å². The van der Waals surface area contributed by atoms with Gasteiger partial charge in [0.15, 0.2) is 0 Å². The molecule has 2 amide bonds. The van der Waals surface area contributed by atoms with E-state index in [0.29, 0.717) is 13.1 Å². The van der Waals surface area contributed by atoms with Crippen molar-refractivity contribution in [3.8, 4) is 0 Å². The number of nitrogens with zero attached hydrogens (tertiary/aromatic N) is 4. The van der Waals surface area contributed by atoms with Gasteiger partial charge < -0.3 is 0 Å². The van der Waals surface area contributed by atoms with Gasteiger partial charge in [0.25, 0.3) is 11.6 Å². The van der Waals surface area contributed by atoms with Gasteiger partial charge in [-0.15, -0.1) is 0 Å². The fraction of sp³-hybridized carbons (Fsp3) is 0.167. The van der Waals surface area contributed by atoms with Gasteiger partial charge in [0, 0.05) is 12.1 Å². The maximum atomic E-state index is 13.7. The number of carbonyl (C=O) groups is 2. The Hall–Kier alpha value is -3.81. The molecule has 10 heteroatoms. The number of imide groups is 1. The molecule has 2 heterocycles. The van der Waals surface area contributed by atoms with E-state index in [1.165, 1.54) is 24.3 Å². The lowest BCUT2D eigenvalue weighted by atomic mass is 10.2. The quantitative estimate of drug-likeness (QED) is 0.256. The number of benzene rings is 3. The molecule has 34 heavy (non-hydrogen) atoms. The molecule has 5 rings (SSSR count). The molecule has 0 spiro atoms. The molecule has 172 valence electrons. The fourth-order valence-corrected chi connectivity index (χ4v) is 8.09. The number of amides is 2. The second kappa shape index (κ2) is 8.52. The molecule has 0 radical (unpaired) electrons. The zero-order valence-corrected chi connectivity index (χ0v) is 19.0. The smallest absolute Gasteiger partial charge is 0.274 e. The van der Waals surface area contributed by atoms with Crippen molar-refractivity contribution < 1.29 is 19.4 Å². The first-order chi connectivity index (χ1) is 16.4. The number of hydrogen-bond donors (Lipinski definition) is 1. The SMILES string of the molecule is O=C1CC([P+]2(O)N(c3ccccc3)CCN2c2ccccc2)C(=O)N1c1ccc([N+](=O)[O-])cc1. The maximum Gasteiger partial charge on any atom is 0.344 e. The van der Waals surface area contributed by atoms with Crippen molar-refractivity contribution in [2.45, 2.75) is 12.1 Å². The number of anilines is 3. The van der Waals surface area contributed by atoms with Crippen LogP contribution in [-0.2, 0) is 9.59 Å². The Bertz CT molecular complexity index is 1190. The van der Waals surface area contributed by atoms with Gasteiger partial charge in [-0.1, -0.05) is 36.4 Å². The van der Waals surface area contributed by atoms with Crippen LogP contribution in [0, 0.1) is 10.1 Å². The lowest BCUT2D eigenvalue weighted by Gasteiger charge is -2.34. The summed E-state index contributed by atoms with van der Waals surface area (Å²) in [6, 6.07) is 24.1. The van der Waals surface area contributed by atoms with Crippen molar-refractivity contribution in [3.63, 3.8) is 0 Å². The molecule has 2 aliphatic rings. The minimum Gasteiger partial charge on any atom is -0.274 e. The highest BCUT2D eigenvalue weighted by molar-refractivity contribution is 7.75. The standard InChI is InChI=1S/C24H22N4O5P/c29-23-17-22(24(30)27(23)20-11-13-21(14-12-20)28(31)32)34(33)25(18-7-3-1-4-8-18)15-16-26(34)19-9-5-2-6-10-19/h1-14,22,33H,15-17H2/q+1. The van der Waals surface area contributed by atoms with Crippen LogP contribution in [0.2, 0.25) is 0 Å². The summed E-state index contributed by atoms with van der Waals surface area (Å²) in [6.07, 6.45) is -0.146.